The number of methoxy groups -OCH3 is 1. The molecule has 3 saturated carbocycles. The molecule has 5 aromatic rings. The van der Waals surface area contributed by atoms with Gasteiger partial charge in [0.1, 0.15) is 11.6 Å². The molecule has 12 nitrogen and oxygen atoms in total. The lowest BCUT2D eigenvalue weighted by atomic mass is 9.56. The summed E-state index contributed by atoms with van der Waals surface area (Å²) < 4.78 is 5.56. The Balaban J connectivity index is 1.04. The number of aromatic hydroxyl groups is 2. The van der Waals surface area contributed by atoms with E-state index in [9.17, 15) is 30.3 Å². The zero-order valence-electron chi connectivity index (χ0n) is 47.6. The van der Waals surface area contributed by atoms with Gasteiger partial charge in [-0.1, -0.05) is 99.6 Å². The topological polar surface area (TPSA) is 196 Å². The summed E-state index contributed by atoms with van der Waals surface area (Å²) in [4.78, 5) is 33.5. The second kappa shape index (κ2) is 24.2. The van der Waals surface area contributed by atoms with Crippen LogP contribution in [0.2, 0.25) is 0 Å². The average molecular weight is 1100 g/mol. The third-order valence-electron chi connectivity index (χ3n) is 20.2. The zero-order chi connectivity index (χ0) is 56.4. The summed E-state index contributed by atoms with van der Waals surface area (Å²) in [7, 11) is 1.49. The fourth-order valence-corrected chi connectivity index (χ4v) is 15.6. The minimum absolute atomic E-state index is 0.00704. The predicted molar refractivity (Wildman–Crippen MR) is 318 cm³/mol. The van der Waals surface area contributed by atoms with E-state index in [0.29, 0.717) is 62.7 Å². The molecule has 0 saturated heterocycles. The highest BCUT2D eigenvalue weighted by atomic mass is 16.5. The zero-order valence-corrected chi connectivity index (χ0v) is 47.6. The van der Waals surface area contributed by atoms with Gasteiger partial charge in [0.05, 0.1) is 25.2 Å². The summed E-state index contributed by atoms with van der Waals surface area (Å²) in [6.07, 6.45) is 16.1. The summed E-state index contributed by atoms with van der Waals surface area (Å²) in [5, 5.41) is 72.5. The highest BCUT2D eigenvalue weighted by Gasteiger charge is 2.53. The smallest absolute Gasteiger partial charge is 0.173 e. The lowest BCUT2D eigenvalue weighted by molar-refractivity contribution is -0.142. The number of ketones is 2. The third kappa shape index (κ3) is 11.8. The summed E-state index contributed by atoms with van der Waals surface area (Å²) in [6.45, 7) is 5.93. The van der Waals surface area contributed by atoms with Crippen LogP contribution in [0.1, 0.15) is 156 Å². The van der Waals surface area contributed by atoms with Crippen molar-refractivity contribution in [2.45, 2.75) is 159 Å². The maximum Gasteiger partial charge on any atom is 0.173 e. The second-order valence-corrected chi connectivity index (χ2v) is 25.3. The van der Waals surface area contributed by atoms with Crippen molar-refractivity contribution in [3.8, 4) is 29.1 Å². The number of aromatic nitrogens is 1. The highest BCUT2D eigenvalue weighted by molar-refractivity contribution is 6.06. The molecule has 3 fully saturated rings. The average Bonchev–Trinajstić information content (AvgIpc) is 4.25. The molecule has 6 aliphatic rings. The normalized spacial score (nSPS) is 29.0. The third-order valence-corrected chi connectivity index (χ3v) is 20.2. The quantitative estimate of drug-likeness (QED) is 0.0614. The van der Waals surface area contributed by atoms with Crippen LogP contribution in [0, 0.1) is 46.8 Å². The fraction of sp³-hybridized carbons (Fsp3) is 0.507. The summed E-state index contributed by atoms with van der Waals surface area (Å²) in [5.74, 6) is 5.43. The van der Waals surface area contributed by atoms with Crippen molar-refractivity contribution in [1.82, 2.24) is 15.6 Å². The lowest BCUT2D eigenvalue weighted by Gasteiger charge is -2.50. The van der Waals surface area contributed by atoms with E-state index in [2.05, 4.69) is 71.0 Å². The minimum atomic E-state index is -1.84. The number of benzene rings is 4. The van der Waals surface area contributed by atoms with E-state index in [-0.39, 0.29) is 59.2 Å². The van der Waals surface area contributed by atoms with Gasteiger partial charge in [-0.05, 0) is 181 Å². The Hall–Kier alpha value is -6.36. The van der Waals surface area contributed by atoms with Crippen molar-refractivity contribution in [1.29, 1.82) is 0 Å². The standard InChI is InChI=1S/C69H84N4O8/c1-4-10-55-50-31-44(30-47-16-19-54(45-11-6-5-7-12-45)56-38-60(76)61(81-3)35-48(56)17-20-59(75)66(79)65(78)57(47)34-50)29-43-21-28-71-63(32-43)73-52-18-15-46-13-14-49(64(77)58(46)37-52)33-53(74)41-70-39-42(2)51-36-62(72-40-51)69(67(55)80)26-24-68(25-27-69)22-8-9-23-68/h5-7,11-15,18,21,32,35-38,40,42,44,47,50,53-55,57,66-67,70-74,76-77,79-80H,4,8-10,17,20,22-31,33-34,39,41H2,1-3H3/t42-,44-,47+,50-,53-,54-,55+,57-,66+,67-/m1/s1. The highest BCUT2D eigenvalue weighted by Crippen LogP contribution is 2.58. The van der Waals surface area contributed by atoms with Crippen LogP contribution in [0.15, 0.2) is 109 Å². The van der Waals surface area contributed by atoms with Crippen LogP contribution in [-0.4, -0.2) is 87.1 Å². The first-order valence-electron chi connectivity index (χ1n) is 30.4. The number of phenolic OH excluding ortho intramolecular Hbond substituents is 2. The first-order valence-corrected chi connectivity index (χ1v) is 30.4. The van der Waals surface area contributed by atoms with Gasteiger partial charge in [-0.25, -0.2) is 0 Å². The molecule has 81 heavy (non-hydrogen) atoms. The Kier molecular flexibility index (Phi) is 16.9. The Morgan fingerprint density at radius 3 is 2.37 bits per heavy atom. The number of dihydropyridines is 1. The van der Waals surface area contributed by atoms with E-state index >= 15 is 4.79 Å². The molecular weight excluding hydrogens is 1010 g/mol. The number of allylic oxidation sites excluding steroid dienone is 2. The first-order chi connectivity index (χ1) is 39.2. The largest absolute Gasteiger partial charge is 0.507 e. The molecular formula is C69H84N4O8. The van der Waals surface area contributed by atoms with Crippen molar-refractivity contribution < 1.29 is 39.9 Å². The number of H-pyrrole nitrogens is 1. The number of fused-ring (bicyclic) bond motifs is 10. The van der Waals surface area contributed by atoms with Gasteiger partial charge in [0.15, 0.2) is 29.2 Å². The van der Waals surface area contributed by atoms with Gasteiger partial charge in [-0.3, -0.25) is 9.59 Å². The number of nitrogens with one attached hydrogen (secondary N) is 4. The van der Waals surface area contributed by atoms with E-state index in [1.54, 1.807) is 12.1 Å². The van der Waals surface area contributed by atoms with Crippen molar-refractivity contribution in [2.24, 2.45) is 35.0 Å². The number of carbonyl (C=O) groups excluding carboxylic acids is 2. The number of rotatable bonds is 4. The Bertz CT molecular complexity index is 3210. The maximum atomic E-state index is 15.4. The van der Waals surface area contributed by atoms with Gasteiger partial charge in [-0.2, -0.15) is 0 Å². The molecule has 0 radical (unpaired) electrons. The van der Waals surface area contributed by atoms with Gasteiger partial charge < -0.3 is 51.2 Å². The molecule has 12 heteroatoms. The minimum Gasteiger partial charge on any atom is -0.507 e. The van der Waals surface area contributed by atoms with Crippen LogP contribution >= 0.6 is 0 Å². The number of phenols is 2. The second-order valence-electron chi connectivity index (χ2n) is 25.3. The van der Waals surface area contributed by atoms with Gasteiger partial charge in [0.25, 0.3) is 0 Å². The lowest BCUT2D eigenvalue weighted by Crippen LogP contribution is -2.50. The molecule has 9 N–H and O–H groups in total. The van der Waals surface area contributed by atoms with Crippen LogP contribution in [-0.2, 0) is 27.8 Å². The molecule has 4 aromatic carbocycles. The van der Waals surface area contributed by atoms with Crippen LogP contribution in [0.3, 0.4) is 0 Å². The van der Waals surface area contributed by atoms with Crippen LogP contribution in [0.5, 0.6) is 17.2 Å². The summed E-state index contributed by atoms with van der Waals surface area (Å²) in [6, 6.07) is 25.5. The van der Waals surface area contributed by atoms with Crippen LogP contribution < -0.4 is 20.7 Å². The molecule has 1 aromatic heterocycles. The molecule has 9 bridgehead atoms. The summed E-state index contributed by atoms with van der Waals surface area (Å²) >= 11 is 0. The molecule has 2 spiro atoms. The Morgan fingerprint density at radius 1 is 0.802 bits per heavy atom. The van der Waals surface area contributed by atoms with Crippen LogP contribution in [0.25, 0.3) is 10.8 Å². The predicted octanol–water partition coefficient (Wildman–Crippen LogP) is 11.1. The number of hydrogen-bond acceptors (Lipinski definition) is 11. The van der Waals surface area contributed by atoms with Crippen molar-refractivity contribution in [2.75, 3.05) is 32.1 Å². The van der Waals surface area contributed by atoms with Gasteiger partial charge in [0.2, 0.25) is 0 Å². The molecule has 11 rings (SSSR count). The number of aliphatic hydroxyl groups is 3. The first kappa shape index (κ1) is 56.5. The van der Waals surface area contributed by atoms with Gasteiger partial charge in [0, 0.05) is 72.7 Å². The number of carbonyl (C=O) groups is 2. The van der Waals surface area contributed by atoms with E-state index < -0.39 is 53.0 Å². The van der Waals surface area contributed by atoms with Gasteiger partial charge in [-0.15, -0.1) is 0 Å². The SMILES string of the molecule is CCC[C@H]1[C@@H]2C[C@H](CC3=CCNC(=C3)Nc3ccc4ccc(c(O)c4c3)C[C@@H](O)CNC[C@@H](C)c3c[nH]c(c3)C3(CCC4(CCCC4)CC3)[C@@H]1O)C[C@@H]1C#C[C@H](c3ccccc3)c3cc(O)c(OC)cc3CCC(=O)[C@H](O)C(=O)[C@@H]1C2. The van der Waals surface area contributed by atoms with Crippen LogP contribution in [0.4, 0.5) is 5.69 Å². The van der Waals surface area contributed by atoms with Crippen molar-refractivity contribution in [3.05, 3.63) is 142 Å². The van der Waals surface area contributed by atoms with E-state index in [1.165, 1.54) is 32.8 Å². The number of aromatic amines is 1. The molecule has 4 aliphatic carbocycles. The number of aryl methyl sites for hydroxylation is 1. The molecule has 0 unspecified atom stereocenters. The Labute approximate surface area is 478 Å². The van der Waals surface area contributed by atoms with E-state index in [0.717, 1.165) is 88.9 Å². The Morgan fingerprint density at radius 2 is 1.59 bits per heavy atom. The van der Waals surface area contributed by atoms with Crippen molar-refractivity contribution in [3.63, 3.8) is 0 Å². The molecule has 0 amide bonds. The molecule has 428 valence electrons. The fourth-order valence-electron chi connectivity index (χ4n) is 15.6. The van der Waals surface area contributed by atoms with Crippen molar-refractivity contribution >= 4 is 28.0 Å². The molecule has 10 atom stereocenters. The maximum absolute atomic E-state index is 15.4. The number of ether oxygens (including phenoxy) is 1. The summed E-state index contributed by atoms with van der Waals surface area (Å²) in [5.41, 5.74) is 6.90. The number of hydrogen-bond donors (Lipinski definition) is 9. The van der Waals surface area contributed by atoms with E-state index in [1.807, 2.05) is 60.7 Å². The van der Waals surface area contributed by atoms with E-state index in [4.69, 9.17) is 4.74 Å². The number of β-amino-alcohol motifs (C(OH)–C–C–N with tert-alkyl or cyclic N) is 1. The molecule has 3 heterocycles. The monoisotopic (exact) mass is 1100 g/mol. The number of Topliss-reactive ketones (excluding diaryl/α,β-unsaturated/α-hetero) is 2. The molecule has 2 aliphatic heterocycles. The van der Waals surface area contributed by atoms with Gasteiger partial charge >= 0.3 is 0 Å². The number of aliphatic hydroxyl groups excluding tert-OH is 3. The number of anilines is 1.